The standard InChI is InChI=1S/C22H26N2O/c1-4-24(5-2)20(25)15-19-13-9-12-18-14-16(3)21(23-22(18)19)17-10-7-6-8-11-17/h6-14,20,25H,4-5,15H2,1-3H3. The number of para-hydroxylation sites is 1. The molecule has 3 nitrogen and oxygen atoms in total. The van der Waals surface area contributed by atoms with Gasteiger partial charge in [-0.2, -0.15) is 0 Å². The first kappa shape index (κ1) is 17.6. The van der Waals surface area contributed by atoms with Crippen LogP contribution >= 0.6 is 0 Å². The van der Waals surface area contributed by atoms with Crippen LogP contribution in [-0.2, 0) is 6.42 Å². The SMILES string of the molecule is CCN(CC)C(O)Cc1cccc2cc(C)c(-c3ccccc3)nc12. The summed E-state index contributed by atoms with van der Waals surface area (Å²) in [7, 11) is 0. The summed E-state index contributed by atoms with van der Waals surface area (Å²) < 4.78 is 0. The molecule has 1 heterocycles. The molecule has 0 bridgehead atoms. The Morgan fingerprint density at radius 3 is 2.40 bits per heavy atom. The van der Waals surface area contributed by atoms with Crippen LogP contribution in [0.4, 0.5) is 0 Å². The lowest BCUT2D eigenvalue weighted by molar-refractivity contribution is 0.0118. The normalized spacial score (nSPS) is 12.7. The van der Waals surface area contributed by atoms with Crippen LogP contribution in [-0.4, -0.2) is 34.3 Å². The summed E-state index contributed by atoms with van der Waals surface area (Å²) in [5.41, 5.74) is 5.38. The molecular weight excluding hydrogens is 308 g/mol. The highest BCUT2D eigenvalue weighted by Gasteiger charge is 2.15. The van der Waals surface area contributed by atoms with Crippen molar-refractivity contribution in [1.29, 1.82) is 0 Å². The van der Waals surface area contributed by atoms with E-state index in [9.17, 15) is 5.11 Å². The van der Waals surface area contributed by atoms with Crippen LogP contribution in [0.15, 0.2) is 54.6 Å². The summed E-state index contributed by atoms with van der Waals surface area (Å²) in [4.78, 5) is 7.04. The minimum atomic E-state index is -0.483. The molecule has 0 saturated heterocycles. The number of nitrogens with zero attached hydrogens (tertiary/aromatic N) is 2. The van der Waals surface area contributed by atoms with E-state index in [-0.39, 0.29) is 0 Å². The van der Waals surface area contributed by atoms with Gasteiger partial charge in [-0.1, -0.05) is 62.4 Å². The number of aliphatic hydroxyl groups excluding tert-OH is 1. The zero-order chi connectivity index (χ0) is 17.8. The Kier molecular flexibility index (Phi) is 5.47. The van der Waals surface area contributed by atoms with Crippen LogP contribution in [0.2, 0.25) is 0 Å². The van der Waals surface area contributed by atoms with Gasteiger partial charge in [0.05, 0.1) is 11.2 Å². The number of likely N-dealkylation sites (N-methyl/N-ethyl adjacent to an activating group) is 1. The fourth-order valence-electron chi connectivity index (χ4n) is 3.39. The lowest BCUT2D eigenvalue weighted by Gasteiger charge is -2.25. The van der Waals surface area contributed by atoms with Crippen LogP contribution in [0, 0.1) is 6.92 Å². The number of pyridine rings is 1. The summed E-state index contributed by atoms with van der Waals surface area (Å²) in [6, 6.07) is 18.7. The quantitative estimate of drug-likeness (QED) is 0.678. The first-order valence-corrected chi connectivity index (χ1v) is 9.00. The highest BCUT2D eigenvalue weighted by molar-refractivity contribution is 5.86. The lowest BCUT2D eigenvalue weighted by atomic mass is 10.0. The Morgan fingerprint density at radius 2 is 1.72 bits per heavy atom. The number of benzene rings is 2. The molecule has 0 aliphatic carbocycles. The third-order valence-electron chi connectivity index (χ3n) is 4.80. The van der Waals surface area contributed by atoms with Crippen molar-refractivity contribution in [3.8, 4) is 11.3 Å². The molecule has 0 amide bonds. The van der Waals surface area contributed by atoms with Crippen LogP contribution in [0.1, 0.15) is 25.0 Å². The molecule has 3 rings (SSSR count). The fraction of sp³-hybridized carbons (Fsp3) is 0.318. The van der Waals surface area contributed by atoms with Crippen molar-refractivity contribution in [3.63, 3.8) is 0 Å². The molecule has 1 unspecified atom stereocenters. The molecule has 0 saturated carbocycles. The van der Waals surface area contributed by atoms with E-state index in [4.69, 9.17) is 4.98 Å². The second-order valence-electron chi connectivity index (χ2n) is 6.41. The van der Waals surface area contributed by atoms with Crippen molar-refractivity contribution < 1.29 is 5.11 Å². The summed E-state index contributed by atoms with van der Waals surface area (Å²) in [5, 5.41) is 11.7. The zero-order valence-corrected chi connectivity index (χ0v) is 15.2. The number of aliphatic hydroxyl groups is 1. The average Bonchev–Trinajstić information content (AvgIpc) is 2.63. The molecule has 3 heteroatoms. The molecule has 25 heavy (non-hydrogen) atoms. The minimum absolute atomic E-state index is 0.483. The van der Waals surface area contributed by atoms with Crippen LogP contribution in [0.5, 0.6) is 0 Å². The summed E-state index contributed by atoms with van der Waals surface area (Å²) in [6.07, 6.45) is 0.104. The number of rotatable bonds is 6. The Labute approximate surface area is 149 Å². The van der Waals surface area contributed by atoms with Crippen molar-refractivity contribution in [2.45, 2.75) is 33.4 Å². The van der Waals surface area contributed by atoms with E-state index in [0.29, 0.717) is 6.42 Å². The summed E-state index contributed by atoms with van der Waals surface area (Å²) in [5.74, 6) is 0. The van der Waals surface area contributed by atoms with E-state index in [1.54, 1.807) is 0 Å². The van der Waals surface area contributed by atoms with E-state index >= 15 is 0 Å². The van der Waals surface area contributed by atoms with Gasteiger partial charge < -0.3 is 5.11 Å². The van der Waals surface area contributed by atoms with Gasteiger partial charge in [-0.15, -0.1) is 0 Å². The Balaban J connectivity index is 2.05. The average molecular weight is 334 g/mol. The molecule has 1 atom stereocenters. The zero-order valence-electron chi connectivity index (χ0n) is 15.2. The van der Waals surface area contributed by atoms with E-state index in [1.165, 1.54) is 5.56 Å². The predicted molar refractivity (Wildman–Crippen MR) is 105 cm³/mol. The molecule has 0 radical (unpaired) electrons. The predicted octanol–water partition coefficient (Wildman–Crippen LogP) is 4.41. The van der Waals surface area contributed by atoms with E-state index in [0.717, 1.165) is 40.8 Å². The first-order chi connectivity index (χ1) is 12.1. The number of aromatic nitrogens is 1. The van der Waals surface area contributed by atoms with Gasteiger partial charge in [0.2, 0.25) is 0 Å². The van der Waals surface area contributed by atoms with Crippen molar-refractivity contribution >= 4 is 10.9 Å². The highest BCUT2D eigenvalue weighted by atomic mass is 16.3. The molecule has 130 valence electrons. The smallest absolute Gasteiger partial charge is 0.111 e. The Bertz CT molecular complexity index is 841. The van der Waals surface area contributed by atoms with Gasteiger partial charge in [0.25, 0.3) is 0 Å². The van der Waals surface area contributed by atoms with Crippen molar-refractivity contribution in [2.75, 3.05) is 13.1 Å². The molecule has 3 aromatic rings. The van der Waals surface area contributed by atoms with Gasteiger partial charge in [-0.05, 0) is 37.2 Å². The highest BCUT2D eigenvalue weighted by Crippen LogP contribution is 2.27. The third kappa shape index (κ3) is 3.73. The second kappa shape index (κ2) is 7.77. The second-order valence-corrected chi connectivity index (χ2v) is 6.41. The van der Waals surface area contributed by atoms with Gasteiger partial charge in [0, 0.05) is 17.4 Å². The number of hydrogen-bond donors (Lipinski definition) is 1. The van der Waals surface area contributed by atoms with Crippen LogP contribution in [0.25, 0.3) is 22.2 Å². The molecular formula is C22H26N2O. The molecule has 1 aromatic heterocycles. The van der Waals surface area contributed by atoms with Crippen molar-refractivity contribution in [1.82, 2.24) is 9.88 Å². The molecule has 0 aliphatic heterocycles. The molecule has 0 aliphatic rings. The number of hydrogen-bond acceptors (Lipinski definition) is 3. The van der Waals surface area contributed by atoms with Crippen LogP contribution in [0.3, 0.4) is 0 Å². The van der Waals surface area contributed by atoms with E-state index < -0.39 is 6.23 Å². The van der Waals surface area contributed by atoms with Crippen molar-refractivity contribution in [3.05, 3.63) is 65.7 Å². The largest absolute Gasteiger partial charge is 0.378 e. The monoisotopic (exact) mass is 334 g/mol. The molecule has 1 N–H and O–H groups in total. The first-order valence-electron chi connectivity index (χ1n) is 9.00. The van der Waals surface area contributed by atoms with Crippen molar-refractivity contribution in [2.24, 2.45) is 0 Å². The number of aryl methyl sites for hydroxylation is 1. The van der Waals surface area contributed by atoms with Crippen LogP contribution < -0.4 is 0 Å². The molecule has 0 spiro atoms. The van der Waals surface area contributed by atoms with Gasteiger partial charge in [0.1, 0.15) is 6.23 Å². The lowest BCUT2D eigenvalue weighted by Crippen LogP contribution is -2.36. The summed E-state index contributed by atoms with van der Waals surface area (Å²) in [6.45, 7) is 7.93. The maximum Gasteiger partial charge on any atom is 0.111 e. The Hall–Kier alpha value is -2.23. The van der Waals surface area contributed by atoms with E-state index in [1.807, 2.05) is 18.2 Å². The maximum absolute atomic E-state index is 10.6. The number of fused-ring (bicyclic) bond motifs is 1. The molecule has 0 fully saturated rings. The van der Waals surface area contributed by atoms with Gasteiger partial charge in [0.15, 0.2) is 0 Å². The fourth-order valence-corrected chi connectivity index (χ4v) is 3.39. The van der Waals surface area contributed by atoms with E-state index in [2.05, 4.69) is 62.1 Å². The maximum atomic E-state index is 10.6. The Morgan fingerprint density at radius 1 is 1.00 bits per heavy atom. The third-order valence-corrected chi connectivity index (χ3v) is 4.80. The molecule has 2 aromatic carbocycles. The topological polar surface area (TPSA) is 36.4 Å². The minimum Gasteiger partial charge on any atom is -0.378 e. The van der Waals surface area contributed by atoms with Gasteiger partial charge >= 0.3 is 0 Å². The van der Waals surface area contributed by atoms with Gasteiger partial charge in [-0.25, -0.2) is 4.98 Å². The van der Waals surface area contributed by atoms with Gasteiger partial charge in [-0.3, -0.25) is 4.90 Å². The summed E-state index contributed by atoms with van der Waals surface area (Å²) >= 11 is 0.